The van der Waals surface area contributed by atoms with E-state index in [9.17, 15) is 4.79 Å². The van der Waals surface area contributed by atoms with Gasteiger partial charge in [0.25, 0.3) is 0 Å². The second-order valence-corrected chi connectivity index (χ2v) is 7.42. The first-order chi connectivity index (χ1) is 13.0. The molecule has 0 atom stereocenters. The number of nitrogens with zero attached hydrogens (tertiary/aromatic N) is 5. The maximum absolute atomic E-state index is 12.4. The van der Waals surface area contributed by atoms with Crippen LogP contribution in [0.2, 0.25) is 0 Å². The van der Waals surface area contributed by atoms with Gasteiger partial charge in [-0.05, 0) is 36.7 Å². The monoisotopic (exact) mass is 399 g/mol. The molecular weight excluding hydrogens is 382 g/mol. The molecule has 138 valence electrons. The molecule has 4 rings (SSSR count). The van der Waals surface area contributed by atoms with E-state index in [1.165, 1.54) is 0 Å². The Morgan fingerprint density at radius 2 is 2.30 bits per heavy atom. The van der Waals surface area contributed by atoms with Gasteiger partial charge < -0.3 is 5.32 Å². The van der Waals surface area contributed by atoms with Crippen LogP contribution in [0.5, 0.6) is 0 Å². The molecule has 0 radical (unpaired) electrons. The Morgan fingerprint density at radius 3 is 3.07 bits per heavy atom. The third kappa shape index (κ3) is 3.40. The van der Waals surface area contributed by atoms with Gasteiger partial charge in [-0.1, -0.05) is 6.07 Å². The molecule has 0 bridgehead atoms. The highest BCUT2D eigenvalue weighted by molar-refractivity contribution is 7.71. The van der Waals surface area contributed by atoms with Gasteiger partial charge in [-0.15, -0.1) is 11.3 Å². The van der Waals surface area contributed by atoms with E-state index in [0.717, 1.165) is 27.4 Å². The number of rotatable bonds is 5. The number of carbonyl (C=O) groups excluding carboxylic acids is 1. The van der Waals surface area contributed by atoms with E-state index in [2.05, 4.69) is 25.6 Å². The minimum atomic E-state index is -0.113. The second-order valence-electron chi connectivity index (χ2n) is 6.08. The largest absolute Gasteiger partial charge is 0.325 e. The zero-order chi connectivity index (χ0) is 19.0. The molecule has 0 spiro atoms. The molecule has 8 nitrogen and oxygen atoms in total. The van der Waals surface area contributed by atoms with Crippen LogP contribution >= 0.6 is 23.6 Å². The number of hydrogen-bond acceptors (Lipinski definition) is 6. The van der Waals surface area contributed by atoms with E-state index in [1.807, 2.05) is 42.1 Å². The van der Waals surface area contributed by atoms with Crippen LogP contribution in [0.3, 0.4) is 0 Å². The molecule has 1 amide bonds. The summed E-state index contributed by atoms with van der Waals surface area (Å²) in [7, 11) is 1.85. The summed E-state index contributed by atoms with van der Waals surface area (Å²) in [6.45, 7) is 2.36. The molecule has 27 heavy (non-hydrogen) atoms. The fraction of sp³-hybridized carbons (Fsp3) is 0.235. The van der Waals surface area contributed by atoms with Gasteiger partial charge in [-0.25, -0.2) is 4.98 Å². The maximum atomic E-state index is 12.4. The van der Waals surface area contributed by atoms with Crippen molar-refractivity contribution in [2.45, 2.75) is 19.9 Å². The molecule has 4 heterocycles. The van der Waals surface area contributed by atoms with Crippen molar-refractivity contribution in [2.75, 3.05) is 5.32 Å². The van der Waals surface area contributed by atoms with Crippen molar-refractivity contribution >= 4 is 46.2 Å². The molecule has 0 unspecified atom stereocenters. The Labute approximate surface area is 163 Å². The second kappa shape index (κ2) is 7.05. The van der Waals surface area contributed by atoms with E-state index in [1.54, 1.807) is 22.2 Å². The van der Waals surface area contributed by atoms with Crippen LogP contribution in [0, 0.1) is 11.7 Å². The van der Waals surface area contributed by atoms with Gasteiger partial charge in [0.1, 0.15) is 0 Å². The third-order valence-electron chi connectivity index (χ3n) is 4.21. The maximum Gasteiger partial charge on any atom is 0.226 e. The van der Waals surface area contributed by atoms with Crippen LogP contribution in [0.15, 0.2) is 29.8 Å². The Balaban J connectivity index is 1.47. The first-order valence-electron chi connectivity index (χ1n) is 8.31. The average Bonchev–Trinajstić information content (AvgIpc) is 3.34. The number of aromatic amines is 1. The molecule has 2 N–H and O–H groups in total. The summed E-state index contributed by atoms with van der Waals surface area (Å²) in [6.07, 6.45) is 1.91. The zero-order valence-corrected chi connectivity index (χ0v) is 16.4. The first kappa shape index (κ1) is 17.6. The zero-order valence-electron chi connectivity index (χ0n) is 14.8. The number of hydrogen-bond donors (Lipinski definition) is 2. The summed E-state index contributed by atoms with van der Waals surface area (Å²) >= 11 is 6.88. The third-order valence-corrected chi connectivity index (χ3v) is 5.39. The van der Waals surface area contributed by atoms with Crippen molar-refractivity contribution in [3.8, 4) is 10.7 Å². The highest BCUT2D eigenvalue weighted by atomic mass is 32.1. The number of nitrogens with one attached hydrogen (secondary N) is 2. The topological polar surface area (TPSA) is 93.4 Å². The summed E-state index contributed by atoms with van der Waals surface area (Å²) in [4.78, 5) is 17.8. The summed E-state index contributed by atoms with van der Waals surface area (Å²) < 4.78 is 4.07. The van der Waals surface area contributed by atoms with E-state index in [4.69, 9.17) is 12.2 Å². The smallest absolute Gasteiger partial charge is 0.226 e. The van der Waals surface area contributed by atoms with Crippen LogP contribution in [0.25, 0.3) is 21.7 Å². The molecule has 0 aromatic carbocycles. The van der Waals surface area contributed by atoms with Crippen molar-refractivity contribution in [1.82, 2.24) is 29.5 Å². The van der Waals surface area contributed by atoms with Crippen LogP contribution in [-0.4, -0.2) is 35.4 Å². The van der Waals surface area contributed by atoms with Gasteiger partial charge in [-0.2, -0.15) is 10.2 Å². The van der Waals surface area contributed by atoms with E-state index >= 15 is 0 Å². The predicted octanol–water partition coefficient (Wildman–Crippen LogP) is 3.29. The lowest BCUT2D eigenvalue weighted by Gasteiger charge is -2.07. The SMILES string of the molecule is Cc1nn(C)c2ncc(NC(=O)CCn3c(-c4cccs4)n[nH]c3=S)cc12. The van der Waals surface area contributed by atoms with Gasteiger partial charge in [0.15, 0.2) is 16.2 Å². The molecule has 0 fully saturated rings. The fourth-order valence-electron chi connectivity index (χ4n) is 2.93. The van der Waals surface area contributed by atoms with Crippen LogP contribution < -0.4 is 5.32 Å². The highest BCUT2D eigenvalue weighted by Gasteiger charge is 2.13. The van der Waals surface area contributed by atoms with E-state index in [0.29, 0.717) is 17.0 Å². The molecule has 0 aliphatic heterocycles. The van der Waals surface area contributed by atoms with Crippen molar-refractivity contribution in [2.24, 2.45) is 7.05 Å². The minimum absolute atomic E-state index is 0.113. The van der Waals surface area contributed by atoms with Crippen molar-refractivity contribution < 1.29 is 4.79 Å². The molecule has 0 aliphatic carbocycles. The minimum Gasteiger partial charge on any atom is -0.325 e. The molecule has 4 aromatic rings. The molecule has 0 aliphatic rings. The molecule has 10 heteroatoms. The number of aromatic nitrogens is 6. The number of aryl methyl sites for hydroxylation is 2. The van der Waals surface area contributed by atoms with Crippen LogP contribution in [0.4, 0.5) is 5.69 Å². The Bertz CT molecular complexity index is 1170. The first-order valence-corrected chi connectivity index (χ1v) is 9.60. The van der Waals surface area contributed by atoms with Gasteiger partial charge in [0, 0.05) is 25.4 Å². The number of fused-ring (bicyclic) bond motifs is 1. The fourth-order valence-corrected chi connectivity index (χ4v) is 3.88. The van der Waals surface area contributed by atoms with Gasteiger partial charge >= 0.3 is 0 Å². The normalized spacial score (nSPS) is 11.2. The number of carbonyl (C=O) groups is 1. The van der Waals surface area contributed by atoms with E-state index < -0.39 is 0 Å². The summed E-state index contributed by atoms with van der Waals surface area (Å²) in [5, 5.41) is 17.2. The number of thiophene rings is 1. The molecule has 0 saturated carbocycles. The van der Waals surface area contributed by atoms with Crippen molar-refractivity contribution in [3.63, 3.8) is 0 Å². The number of pyridine rings is 1. The Morgan fingerprint density at radius 1 is 1.44 bits per heavy atom. The summed E-state index contributed by atoms with van der Waals surface area (Å²) in [6, 6.07) is 5.82. The lowest BCUT2D eigenvalue weighted by Crippen LogP contribution is -2.15. The van der Waals surface area contributed by atoms with Crippen molar-refractivity contribution in [3.05, 3.63) is 40.2 Å². The van der Waals surface area contributed by atoms with Crippen LogP contribution in [0.1, 0.15) is 12.1 Å². The predicted molar refractivity (Wildman–Crippen MR) is 107 cm³/mol. The summed E-state index contributed by atoms with van der Waals surface area (Å²) in [5.41, 5.74) is 2.31. The summed E-state index contributed by atoms with van der Waals surface area (Å²) in [5.74, 6) is 0.634. The van der Waals surface area contributed by atoms with Crippen LogP contribution in [-0.2, 0) is 18.4 Å². The lowest BCUT2D eigenvalue weighted by atomic mass is 10.2. The standard InChI is InChI=1S/C17H17N7OS2/c1-10-12-8-11(9-18-15(12)23(2)22-10)19-14(25)5-6-24-16(20-21-17(24)26)13-4-3-7-27-13/h3-4,7-9H,5-6H2,1-2H3,(H,19,25)(H,21,26). The van der Waals surface area contributed by atoms with Crippen molar-refractivity contribution in [1.29, 1.82) is 0 Å². The average molecular weight is 400 g/mol. The lowest BCUT2D eigenvalue weighted by molar-refractivity contribution is -0.116. The molecular formula is C17H17N7OS2. The van der Waals surface area contributed by atoms with Gasteiger partial charge in [0.05, 0.1) is 22.5 Å². The van der Waals surface area contributed by atoms with Gasteiger partial charge in [0.2, 0.25) is 5.91 Å². The Hall–Kier alpha value is -2.85. The van der Waals surface area contributed by atoms with E-state index in [-0.39, 0.29) is 12.3 Å². The van der Waals surface area contributed by atoms with Gasteiger partial charge in [-0.3, -0.25) is 19.1 Å². The highest BCUT2D eigenvalue weighted by Crippen LogP contribution is 2.23. The quantitative estimate of drug-likeness (QED) is 0.502. The molecule has 0 saturated heterocycles. The Kier molecular flexibility index (Phi) is 4.58. The molecule has 4 aromatic heterocycles. The number of amides is 1. The number of H-pyrrole nitrogens is 1. The number of anilines is 1.